The van der Waals surface area contributed by atoms with Crippen molar-refractivity contribution >= 4 is 10.1 Å². The minimum absolute atomic E-state index is 0.0801. The molecule has 0 amide bonds. The van der Waals surface area contributed by atoms with Crippen molar-refractivity contribution in [2.75, 3.05) is 26.2 Å². The van der Waals surface area contributed by atoms with Crippen LogP contribution in [0.1, 0.15) is 27.2 Å². The van der Waals surface area contributed by atoms with Crippen LogP contribution in [0, 0.1) is 0 Å². The summed E-state index contributed by atoms with van der Waals surface area (Å²) in [5, 5.41) is 0. The molecule has 0 fully saturated rings. The second kappa shape index (κ2) is 9.67. The van der Waals surface area contributed by atoms with E-state index >= 15 is 0 Å². The molecule has 30 heavy (non-hydrogen) atoms. The maximum atomic E-state index is 13.4. The first-order valence-corrected chi connectivity index (χ1v) is 9.37. The number of halogens is 12. The number of quaternary nitrogens is 1. The highest BCUT2D eigenvalue weighted by Crippen LogP contribution is 2.54. The summed E-state index contributed by atoms with van der Waals surface area (Å²) in [6, 6.07) is 0. The number of hydrogen-bond acceptors (Lipinski definition) is 3. The van der Waals surface area contributed by atoms with E-state index in [0.29, 0.717) is 0 Å². The van der Waals surface area contributed by atoms with E-state index in [-0.39, 0.29) is 24.1 Å². The minimum atomic E-state index is -6.80. The van der Waals surface area contributed by atoms with Gasteiger partial charge in [-0.2, -0.15) is 52.7 Å². The summed E-state index contributed by atoms with van der Waals surface area (Å²) < 4.78 is 173. The highest BCUT2D eigenvalue weighted by molar-refractivity contribution is 7.86. The van der Waals surface area contributed by atoms with Gasteiger partial charge in [-0.25, -0.2) is 8.42 Å². The van der Waals surface area contributed by atoms with Crippen LogP contribution < -0.4 is 0 Å². The fourth-order valence-electron chi connectivity index (χ4n) is 2.09. The standard InChI is InChI=1S/C12H19F9N.CHF3O3S/c1-4-22(5-2,6-3)8-7-9(13,14)10(15,16)11(17,18)12(19,20)21;2-1(3,4)8(5,6)7/h4-8H2,1-3H3;(H,5,6,7)/q+1;/p-1. The van der Waals surface area contributed by atoms with Crippen LogP contribution in [0.2, 0.25) is 0 Å². The molecule has 0 aromatic heterocycles. The van der Waals surface area contributed by atoms with Crippen molar-refractivity contribution in [1.82, 2.24) is 0 Å². The van der Waals surface area contributed by atoms with E-state index in [2.05, 4.69) is 0 Å². The van der Waals surface area contributed by atoms with E-state index in [9.17, 15) is 52.7 Å². The molecule has 0 atom stereocenters. The first-order chi connectivity index (χ1) is 12.9. The maximum Gasteiger partial charge on any atom is 0.485 e. The van der Waals surface area contributed by atoms with Gasteiger partial charge in [0.05, 0.1) is 32.6 Å². The largest absolute Gasteiger partial charge is 0.741 e. The Morgan fingerprint density at radius 3 is 1.20 bits per heavy atom. The molecule has 17 heteroatoms. The van der Waals surface area contributed by atoms with Crippen molar-refractivity contribution < 1.29 is 70.1 Å². The van der Waals surface area contributed by atoms with Crippen molar-refractivity contribution in [3.05, 3.63) is 0 Å². The first kappa shape index (κ1) is 31.2. The van der Waals surface area contributed by atoms with Gasteiger partial charge in [0.1, 0.15) is 0 Å². The maximum absolute atomic E-state index is 13.4. The van der Waals surface area contributed by atoms with Crippen LogP contribution >= 0.6 is 0 Å². The fourth-order valence-corrected chi connectivity index (χ4v) is 2.09. The zero-order valence-corrected chi connectivity index (χ0v) is 16.5. The molecule has 0 N–H and O–H groups in total. The molecular formula is C13H19F12NO3S. The average molecular weight is 497 g/mol. The summed E-state index contributed by atoms with van der Waals surface area (Å²) in [6.07, 6.45) is -8.52. The number of nitrogens with zero attached hydrogens (tertiary/aromatic N) is 1. The smallest absolute Gasteiger partial charge is 0.485 e. The van der Waals surface area contributed by atoms with Gasteiger partial charge >= 0.3 is 29.5 Å². The summed E-state index contributed by atoms with van der Waals surface area (Å²) in [5.41, 5.74) is -5.65. The molecule has 0 rings (SSSR count). The lowest BCUT2D eigenvalue weighted by atomic mass is 10.0. The molecule has 0 saturated carbocycles. The number of hydrogen-bond donors (Lipinski definition) is 0. The second-order valence-corrected chi connectivity index (χ2v) is 7.39. The molecule has 0 saturated heterocycles. The van der Waals surface area contributed by atoms with Gasteiger partial charge in [-0.3, -0.25) is 0 Å². The van der Waals surface area contributed by atoms with Gasteiger partial charge in [0.25, 0.3) is 0 Å². The molecule has 0 aliphatic rings. The van der Waals surface area contributed by atoms with Crippen LogP contribution in [-0.4, -0.2) is 73.1 Å². The van der Waals surface area contributed by atoms with Crippen molar-refractivity contribution in [1.29, 1.82) is 0 Å². The molecule has 0 aliphatic heterocycles. The highest BCUT2D eigenvalue weighted by Gasteiger charge is 2.81. The monoisotopic (exact) mass is 497 g/mol. The summed E-state index contributed by atoms with van der Waals surface area (Å²) in [7, 11) is -6.09. The Kier molecular flexibility index (Phi) is 10.1. The molecule has 0 aliphatic carbocycles. The second-order valence-electron chi connectivity index (χ2n) is 6.01. The fraction of sp³-hybridized carbons (Fsp3) is 1.00. The molecule has 0 aromatic carbocycles. The molecule has 4 nitrogen and oxygen atoms in total. The van der Waals surface area contributed by atoms with Crippen LogP contribution in [0.3, 0.4) is 0 Å². The van der Waals surface area contributed by atoms with E-state index in [1.165, 1.54) is 0 Å². The van der Waals surface area contributed by atoms with Crippen LogP contribution in [0.5, 0.6) is 0 Å². The third kappa shape index (κ3) is 7.03. The zero-order valence-electron chi connectivity index (χ0n) is 15.7. The lowest BCUT2D eigenvalue weighted by Gasteiger charge is -2.39. The molecule has 0 aromatic rings. The van der Waals surface area contributed by atoms with Crippen molar-refractivity contribution in [2.24, 2.45) is 0 Å². The third-order valence-corrected chi connectivity index (χ3v) is 4.97. The van der Waals surface area contributed by atoms with Crippen LogP contribution in [-0.2, 0) is 10.1 Å². The lowest BCUT2D eigenvalue weighted by molar-refractivity contribution is -0.924. The van der Waals surface area contributed by atoms with Gasteiger partial charge in [-0.1, -0.05) is 0 Å². The molecule has 184 valence electrons. The third-order valence-electron chi connectivity index (χ3n) is 4.41. The van der Waals surface area contributed by atoms with Crippen molar-refractivity contribution in [3.8, 4) is 0 Å². The Labute approximate surface area is 164 Å². The summed E-state index contributed by atoms with van der Waals surface area (Å²) in [6.45, 7) is 4.95. The van der Waals surface area contributed by atoms with E-state index < -0.39 is 52.5 Å². The van der Waals surface area contributed by atoms with Crippen LogP contribution in [0.25, 0.3) is 0 Å². The van der Waals surface area contributed by atoms with Gasteiger partial charge < -0.3 is 9.04 Å². The van der Waals surface area contributed by atoms with Gasteiger partial charge in [0.15, 0.2) is 10.1 Å². The minimum Gasteiger partial charge on any atom is -0.741 e. The normalized spacial score (nSPS) is 14.9. The molecular weight excluding hydrogens is 478 g/mol. The average Bonchev–Trinajstić information content (AvgIpc) is 2.54. The van der Waals surface area contributed by atoms with Gasteiger partial charge in [0.2, 0.25) is 0 Å². The number of alkyl halides is 12. The van der Waals surface area contributed by atoms with Crippen molar-refractivity contribution in [2.45, 2.75) is 56.6 Å². The van der Waals surface area contributed by atoms with Crippen LogP contribution in [0.15, 0.2) is 0 Å². The van der Waals surface area contributed by atoms with E-state index in [1.54, 1.807) is 20.8 Å². The van der Waals surface area contributed by atoms with Gasteiger partial charge in [0, 0.05) is 0 Å². The van der Waals surface area contributed by atoms with Crippen LogP contribution in [0.4, 0.5) is 52.7 Å². The molecule has 0 spiro atoms. The number of rotatable bonds is 8. The molecule has 0 unspecified atom stereocenters. The Morgan fingerprint density at radius 1 is 0.700 bits per heavy atom. The SMILES string of the molecule is CC[N+](CC)(CC)CCC(F)(F)C(F)(F)C(F)(F)C(F)(F)F.O=S(=O)([O-])C(F)(F)F. The lowest BCUT2D eigenvalue weighted by Crippen LogP contribution is -2.62. The predicted molar refractivity (Wildman–Crippen MR) is 78.0 cm³/mol. The zero-order chi connectivity index (χ0) is 25.0. The molecule has 0 bridgehead atoms. The molecule has 0 radical (unpaired) electrons. The Morgan fingerprint density at radius 2 is 1.00 bits per heavy atom. The highest BCUT2D eigenvalue weighted by atomic mass is 32.2. The van der Waals surface area contributed by atoms with Gasteiger partial charge in [-0.15, -0.1) is 0 Å². The van der Waals surface area contributed by atoms with Crippen molar-refractivity contribution in [3.63, 3.8) is 0 Å². The van der Waals surface area contributed by atoms with E-state index in [0.717, 1.165) is 0 Å². The first-order valence-electron chi connectivity index (χ1n) is 7.96. The summed E-state index contributed by atoms with van der Waals surface area (Å²) in [4.78, 5) is 0. The Balaban J connectivity index is 0. The Bertz CT molecular complexity index is 630. The molecule has 0 heterocycles. The Hall–Kier alpha value is -0.970. The predicted octanol–water partition coefficient (Wildman–Crippen LogP) is 4.77. The summed E-state index contributed by atoms with van der Waals surface area (Å²) >= 11 is 0. The topological polar surface area (TPSA) is 57.2 Å². The van der Waals surface area contributed by atoms with E-state index in [1.807, 2.05) is 0 Å². The van der Waals surface area contributed by atoms with E-state index in [4.69, 9.17) is 13.0 Å². The summed E-state index contributed by atoms with van der Waals surface area (Å²) in [5.74, 6) is -18.8. The quantitative estimate of drug-likeness (QED) is 0.210. The van der Waals surface area contributed by atoms with Gasteiger partial charge in [-0.05, 0) is 20.8 Å².